The van der Waals surface area contributed by atoms with E-state index in [0.29, 0.717) is 27.4 Å². The summed E-state index contributed by atoms with van der Waals surface area (Å²) in [5.74, 6) is 4.92. The van der Waals surface area contributed by atoms with Crippen LogP contribution in [0.1, 0.15) is 30.0 Å². The van der Waals surface area contributed by atoms with E-state index >= 15 is 0 Å². The van der Waals surface area contributed by atoms with E-state index in [-0.39, 0.29) is 24.5 Å². The molecule has 0 spiro atoms. The summed E-state index contributed by atoms with van der Waals surface area (Å²) in [6.45, 7) is 3.14. The van der Waals surface area contributed by atoms with Crippen molar-refractivity contribution in [2.75, 3.05) is 24.7 Å². The molecule has 1 saturated heterocycles. The lowest BCUT2D eigenvalue weighted by Gasteiger charge is -2.46. The highest BCUT2D eigenvalue weighted by Gasteiger charge is 2.55. The van der Waals surface area contributed by atoms with Crippen molar-refractivity contribution in [2.24, 2.45) is 5.41 Å². The molecule has 1 aromatic heterocycles. The van der Waals surface area contributed by atoms with Crippen LogP contribution in [-0.2, 0) is 19.6 Å². The van der Waals surface area contributed by atoms with Gasteiger partial charge in [-0.2, -0.15) is 4.31 Å². The number of sulfonamides is 1. The fourth-order valence-corrected chi connectivity index (χ4v) is 5.84. The van der Waals surface area contributed by atoms with Crippen LogP contribution >= 0.6 is 11.6 Å². The number of carboxylic acids is 1. The highest BCUT2D eigenvalue weighted by atomic mass is 35.5. The number of aryl methyl sites for hydroxylation is 1. The molecule has 40 heavy (non-hydrogen) atoms. The van der Waals surface area contributed by atoms with E-state index < -0.39 is 33.6 Å². The minimum Gasteiger partial charge on any atom is -0.481 e. The number of rotatable bonds is 6. The second-order valence-corrected chi connectivity index (χ2v) is 12.1. The van der Waals surface area contributed by atoms with Gasteiger partial charge >= 0.3 is 12.1 Å². The Balaban J connectivity index is 1.28. The summed E-state index contributed by atoms with van der Waals surface area (Å²) in [5, 5.41) is 16.9. The number of anilines is 1. The number of aliphatic carboxylic acids is 1. The Morgan fingerprint density at radius 3 is 2.52 bits per heavy atom. The Labute approximate surface area is 235 Å². The van der Waals surface area contributed by atoms with Gasteiger partial charge in [0.1, 0.15) is 22.9 Å². The number of ether oxygens (including phenoxy) is 1. The Kier molecular flexibility index (Phi) is 6.95. The first-order valence-electron chi connectivity index (χ1n) is 12.1. The lowest BCUT2D eigenvalue weighted by Crippen LogP contribution is -2.62. The van der Waals surface area contributed by atoms with E-state index in [1.165, 1.54) is 0 Å². The first-order valence-corrected chi connectivity index (χ1v) is 14.4. The highest BCUT2D eigenvalue weighted by Crippen LogP contribution is 2.45. The van der Waals surface area contributed by atoms with Gasteiger partial charge in [0.05, 0.1) is 6.26 Å². The third kappa shape index (κ3) is 5.09. The summed E-state index contributed by atoms with van der Waals surface area (Å²) >= 11 is 6.19. The van der Waals surface area contributed by atoms with Gasteiger partial charge in [-0.25, -0.2) is 13.2 Å². The zero-order valence-corrected chi connectivity index (χ0v) is 23.3. The predicted octanol–water partition coefficient (Wildman–Crippen LogP) is 4.38. The fraction of sp³-hybridized carbons (Fsp3) is 0.250. The van der Waals surface area contributed by atoms with Gasteiger partial charge in [-0.3, -0.25) is 10.1 Å². The molecule has 0 radical (unpaired) electrons. The molecule has 10 nitrogen and oxygen atoms in total. The molecule has 2 heterocycles. The van der Waals surface area contributed by atoms with Crippen molar-refractivity contribution < 1.29 is 32.4 Å². The number of nitrogens with one attached hydrogen (secondary N) is 1. The van der Waals surface area contributed by atoms with E-state index in [0.717, 1.165) is 21.7 Å². The van der Waals surface area contributed by atoms with Crippen LogP contribution in [0.4, 0.5) is 10.5 Å². The quantitative estimate of drug-likeness (QED) is 0.479. The van der Waals surface area contributed by atoms with Crippen LogP contribution in [0, 0.1) is 24.2 Å². The van der Waals surface area contributed by atoms with Crippen molar-refractivity contribution >= 4 is 39.4 Å². The van der Waals surface area contributed by atoms with Gasteiger partial charge in [-0.15, -0.1) is 0 Å². The average Bonchev–Trinajstić information content (AvgIpc) is 3.50. The number of halogens is 1. The Morgan fingerprint density at radius 1 is 1.18 bits per heavy atom. The van der Waals surface area contributed by atoms with Crippen molar-refractivity contribution in [1.29, 1.82) is 0 Å². The molecular weight excluding hydrogens is 558 g/mol. The van der Waals surface area contributed by atoms with Crippen LogP contribution in [-0.4, -0.2) is 54.4 Å². The van der Waals surface area contributed by atoms with Crippen LogP contribution < -0.4 is 5.32 Å². The second kappa shape index (κ2) is 10.1. The lowest BCUT2D eigenvalue weighted by molar-refractivity contribution is -0.152. The standard InChI is InChI=1S/C28H24ClN3O7S/c1-16-25(30-27(35)38-17(2)22-6-4-5-7-23(22)29)24(39-31-16)9-8-18-10-19-12-21(13-20(19)11-18)28(26(33)34)14-32(15-28)40(3,36)37/h4-7,10-13,17H,14-15H2,1-3H3,(H,30,35)(H,33,34). The Morgan fingerprint density at radius 2 is 1.88 bits per heavy atom. The largest absolute Gasteiger partial charge is 0.481 e. The van der Waals surface area contributed by atoms with Crippen LogP contribution in [0.2, 0.25) is 5.02 Å². The van der Waals surface area contributed by atoms with Gasteiger partial charge in [0, 0.05) is 29.2 Å². The zero-order chi connectivity index (χ0) is 28.8. The van der Waals surface area contributed by atoms with Crippen LogP contribution in [0.5, 0.6) is 0 Å². The smallest absolute Gasteiger partial charge is 0.412 e. The summed E-state index contributed by atoms with van der Waals surface area (Å²) in [4.78, 5) is 24.6. The van der Waals surface area contributed by atoms with Crippen molar-refractivity contribution in [2.45, 2.75) is 20.0 Å². The van der Waals surface area contributed by atoms with Crippen molar-refractivity contribution in [3.8, 4) is 11.8 Å². The summed E-state index contributed by atoms with van der Waals surface area (Å²) in [6, 6.07) is 7.07. The molecule has 0 saturated carbocycles. The summed E-state index contributed by atoms with van der Waals surface area (Å²) < 4.78 is 35.5. The maximum absolute atomic E-state index is 12.6. The van der Waals surface area contributed by atoms with Gasteiger partial charge < -0.3 is 14.4 Å². The monoisotopic (exact) mass is 581 g/mol. The van der Waals surface area contributed by atoms with Gasteiger partial charge in [0.2, 0.25) is 15.8 Å². The number of carbonyl (C=O) groups is 2. The van der Waals surface area contributed by atoms with E-state index in [1.807, 2.05) is 0 Å². The first-order chi connectivity index (χ1) is 18.9. The number of carbonyl (C=O) groups excluding carboxylic acids is 1. The molecule has 12 heteroatoms. The van der Waals surface area contributed by atoms with Crippen LogP contribution in [0.25, 0.3) is 0 Å². The number of carboxylic acid groups (broad SMARTS) is 1. The summed E-state index contributed by atoms with van der Waals surface area (Å²) in [7, 11) is -3.47. The molecule has 1 atom stereocenters. The van der Waals surface area contributed by atoms with E-state index in [2.05, 4.69) is 22.3 Å². The van der Waals surface area contributed by atoms with Gasteiger partial charge in [0.15, 0.2) is 0 Å². The molecule has 0 bridgehead atoms. The van der Waals surface area contributed by atoms with Gasteiger partial charge in [-0.1, -0.05) is 40.9 Å². The average molecular weight is 582 g/mol. The molecule has 1 aromatic carbocycles. The first kappa shape index (κ1) is 27.5. The Bertz CT molecular complexity index is 1730. The molecule has 1 amide bonds. The van der Waals surface area contributed by atoms with E-state index in [9.17, 15) is 23.1 Å². The number of benzene rings is 1. The molecule has 1 unspecified atom stereocenters. The second-order valence-electron chi connectivity index (χ2n) is 9.73. The number of nitrogens with zero attached hydrogens (tertiary/aromatic N) is 2. The van der Waals surface area contributed by atoms with Gasteiger partial charge in [0.25, 0.3) is 0 Å². The molecule has 1 fully saturated rings. The lowest BCUT2D eigenvalue weighted by atomic mass is 9.75. The van der Waals surface area contributed by atoms with Crippen molar-refractivity contribution in [1.82, 2.24) is 9.46 Å². The normalized spacial score (nSPS) is 18.2. The molecule has 2 aliphatic carbocycles. The number of hydrogen-bond donors (Lipinski definition) is 2. The number of amides is 1. The maximum Gasteiger partial charge on any atom is 0.412 e. The molecule has 3 aliphatic rings. The molecular formula is C28H24ClN3O7S. The third-order valence-electron chi connectivity index (χ3n) is 6.94. The van der Waals surface area contributed by atoms with E-state index in [4.69, 9.17) is 20.9 Å². The maximum atomic E-state index is 12.6. The van der Waals surface area contributed by atoms with Crippen molar-refractivity contribution in [3.05, 3.63) is 92.9 Å². The summed E-state index contributed by atoms with van der Waals surface area (Å²) in [6.07, 6.45) is 6.82. The number of hydrogen-bond acceptors (Lipinski definition) is 7. The molecule has 2 aromatic rings. The highest BCUT2D eigenvalue weighted by molar-refractivity contribution is 7.88. The molecule has 2 N–H and O–H groups in total. The minimum atomic E-state index is -3.47. The number of fused-ring (bicyclic) bond motifs is 1. The number of allylic oxidation sites excluding steroid dienone is 7. The molecule has 5 rings (SSSR count). The summed E-state index contributed by atoms with van der Waals surface area (Å²) in [5.41, 5.74) is 2.83. The molecule has 1 aliphatic heterocycles. The van der Waals surface area contributed by atoms with Crippen LogP contribution in [0.3, 0.4) is 0 Å². The fourth-order valence-electron chi connectivity index (χ4n) is 4.64. The van der Waals surface area contributed by atoms with E-state index in [1.54, 1.807) is 62.4 Å². The zero-order valence-electron chi connectivity index (χ0n) is 21.7. The van der Waals surface area contributed by atoms with Crippen molar-refractivity contribution in [3.63, 3.8) is 0 Å². The predicted molar refractivity (Wildman–Crippen MR) is 147 cm³/mol. The van der Waals surface area contributed by atoms with Gasteiger partial charge in [-0.05, 0) is 66.9 Å². The SMILES string of the molecule is Cc1noc(C#CC2=CC3=CC(C4(C(=O)O)CN(S(C)(=O)=O)C4)=CC3=C2)c1NC(=O)OC(C)c1ccccc1Cl. The number of aromatic nitrogens is 1. The Hall–Kier alpha value is -4.11. The molecule has 206 valence electrons. The van der Waals surface area contributed by atoms with Crippen LogP contribution in [0.15, 0.2) is 75.4 Å². The minimum absolute atomic E-state index is 0.110. The topological polar surface area (TPSA) is 139 Å². The third-order valence-corrected chi connectivity index (χ3v) is 8.48.